The highest BCUT2D eigenvalue weighted by Crippen LogP contribution is 2.27. The van der Waals surface area contributed by atoms with Gasteiger partial charge in [-0.05, 0) is 49.8 Å². The van der Waals surface area contributed by atoms with Gasteiger partial charge in [0.05, 0.1) is 5.97 Å². The fraction of sp³-hybridized carbons (Fsp3) is 0.308. The van der Waals surface area contributed by atoms with Crippen molar-refractivity contribution in [2.75, 3.05) is 14.1 Å². The van der Waals surface area contributed by atoms with Crippen LogP contribution in [0.5, 0.6) is 0 Å². The smallest absolute Gasteiger partial charge is 0.0643 e. The van der Waals surface area contributed by atoms with Gasteiger partial charge in [0.2, 0.25) is 0 Å². The molecule has 1 aromatic rings. The maximum Gasteiger partial charge on any atom is 0.0643 e. The average molecular weight is 259 g/mol. The van der Waals surface area contributed by atoms with Gasteiger partial charge >= 0.3 is 0 Å². The summed E-state index contributed by atoms with van der Waals surface area (Å²) in [4.78, 5) is 15.2. The minimum Gasteiger partial charge on any atom is -0.545 e. The summed E-state index contributed by atoms with van der Waals surface area (Å²) in [6.45, 7) is 1.98. The van der Waals surface area contributed by atoms with Crippen molar-refractivity contribution in [2.24, 2.45) is 5.11 Å². The molecule has 6 nitrogen and oxygen atoms in total. The summed E-state index contributed by atoms with van der Waals surface area (Å²) in [6.07, 6.45) is 2.46. The summed E-state index contributed by atoms with van der Waals surface area (Å²) < 4.78 is 0. The second kappa shape index (κ2) is 6.58. The van der Waals surface area contributed by atoms with E-state index in [4.69, 9.17) is 5.53 Å². The highest BCUT2D eigenvalue weighted by molar-refractivity contribution is 5.84. The van der Waals surface area contributed by atoms with Crippen molar-refractivity contribution in [3.05, 3.63) is 45.8 Å². The highest BCUT2D eigenvalue weighted by atomic mass is 16.4. The molecule has 19 heavy (non-hydrogen) atoms. The van der Waals surface area contributed by atoms with Crippen LogP contribution in [0.25, 0.3) is 16.5 Å². The van der Waals surface area contributed by atoms with Crippen molar-refractivity contribution in [3.63, 3.8) is 0 Å². The molecule has 0 N–H and O–H groups in total. The molecule has 0 heterocycles. The number of carbonyl (C=O) groups excluding carboxylic acids is 1. The van der Waals surface area contributed by atoms with E-state index in [0.29, 0.717) is 5.69 Å². The van der Waals surface area contributed by atoms with Gasteiger partial charge in [-0.3, -0.25) is 0 Å². The van der Waals surface area contributed by atoms with E-state index in [0.717, 1.165) is 17.2 Å². The van der Waals surface area contributed by atoms with E-state index in [9.17, 15) is 9.90 Å². The second-order valence-corrected chi connectivity index (χ2v) is 4.29. The number of benzene rings is 1. The molecule has 0 radical (unpaired) electrons. The molecule has 0 aliphatic rings. The van der Waals surface area contributed by atoms with Crippen LogP contribution in [-0.2, 0) is 4.79 Å². The Labute approximate surface area is 111 Å². The highest BCUT2D eigenvalue weighted by Gasteiger charge is 2.11. The first-order valence-electron chi connectivity index (χ1n) is 5.70. The van der Waals surface area contributed by atoms with Gasteiger partial charge in [-0.1, -0.05) is 23.3 Å². The second-order valence-electron chi connectivity index (χ2n) is 4.29. The third kappa shape index (κ3) is 4.13. The fourth-order valence-corrected chi connectivity index (χ4v) is 1.63. The molecule has 6 heteroatoms. The molecule has 0 spiro atoms. The molecule has 0 bridgehead atoms. The first kappa shape index (κ1) is 14.8. The van der Waals surface area contributed by atoms with Crippen molar-refractivity contribution in [1.82, 2.24) is 4.90 Å². The van der Waals surface area contributed by atoms with E-state index in [1.165, 1.54) is 6.08 Å². The molecule has 0 aliphatic carbocycles. The molecule has 1 atom stereocenters. The van der Waals surface area contributed by atoms with Crippen LogP contribution in [0.15, 0.2) is 29.4 Å². The summed E-state index contributed by atoms with van der Waals surface area (Å²) >= 11 is 0. The molecule has 0 fully saturated rings. The van der Waals surface area contributed by atoms with Crippen molar-refractivity contribution in [3.8, 4) is 0 Å². The van der Waals surface area contributed by atoms with Gasteiger partial charge in [-0.15, -0.1) is 0 Å². The van der Waals surface area contributed by atoms with Crippen molar-refractivity contribution < 1.29 is 9.90 Å². The normalized spacial score (nSPS) is 12.4. The Bertz CT molecular complexity index is 546. The number of rotatable bonds is 5. The summed E-state index contributed by atoms with van der Waals surface area (Å²) in [5.41, 5.74) is 10.6. The third-order valence-electron chi connectivity index (χ3n) is 2.85. The van der Waals surface area contributed by atoms with E-state index in [-0.39, 0.29) is 6.04 Å². The van der Waals surface area contributed by atoms with Crippen LogP contribution in [0.3, 0.4) is 0 Å². The number of azide groups is 1. The van der Waals surface area contributed by atoms with E-state index >= 15 is 0 Å². The van der Waals surface area contributed by atoms with Crippen molar-refractivity contribution in [2.45, 2.75) is 13.0 Å². The number of nitrogens with zero attached hydrogens (tertiary/aromatic N) is 4. The van der Waals surface area contributed by atoms with E-state index < -0.39 is 5.97 Å². The van der Waals surface area contributed by atoms with Crippen LogP contribution < -0.4 is 5.11 Å². The Morgan fingerprint density at radius 3 is 2.74 bits per heavy atom. The number of carboxylic acids is 1. The van der Waals surface area contributed by atoms with Gasteiger partial charge in [0.15, 0.2) is 0 Å². The Hall–Kier alpha value is -2.30. The quantitative estimate of drug-likeness (QED) is 0.350. The Balaban J connectivity index is 3.29. The average Bonchev–Trinajstić information content (AvgIpc) is 2.36. The van der Waals surface area contributed by atoms with Crippen LogP contribution >= 0.6 is 0 Å². The topological polar surface area (TPSA) is 92.1 Å². The van der Waals surface area contributed by atoms with Crippen molar-refractivity contribution >= 4 is 17.7 Å². The molecule has 1 unspecified atom stereocenters. The molecule has 0 aliphatic heterocycles. The minimum absolute atomic E-state index is 0.0512. The first-order chi connectivity index (χ1) is 8.95. The van der Waals surface area contributed by atoms with Crippen LogP contribution in [0, 0.1) is 0 Å². The molecule has 1 aromatic carbocycles. The Kier molecular flexibility index (Phi) is 5.11. The zero-order valence-corrected chi connectivity index (χ0v) is 11.1. The Morgan fingerprint density at radius 1 is 1.53 bits per heavy atom. The number of hydrogen-bond donors (Lipinski definition) is 0. The molecular weight excluding hydrogens is 244 g/mol. The monoisotopic (exact) mass is 259 g/mol. The summed E-state index contributed by atoms with van der Waals surface area (Å²) in [5.74, 6) is -1.25. The predicted octanol–water partition coefficient (Wildman–Crippen LogP) is 2.01. The lowest BCUT2D eigenvalue weighted by Crippen LogP contribution is -2.19. The number of carbonyl (C=O) groups is 1. The van der Waals surface area contributed by atoms with Crippen molar-refractivity contribution in [1.29, 1.82) is 0 Å². The standard InChI is InChI=1S/C13H16N4O2/c1-9(17(2)3)12-8-11(15-16-14)6-4-10(12)5-7-13(18)19/h4-9H,1-3H3,(H,18,19)/p-1/b7-5+. The molecule has 100 valence electrons. The predicted molar refractivity (Wildman–Crippen MR) is 71.4 cm³/mol. The van der Waals surface area contributed by atoms with Gasteiger partial charge in [-0.2, -0.15) is 0 Å². The van der Waals surface area contributed by atoms with E-state index in [1.54, 1.807) is 18.2 Å². The molecule has 0 aromatic heterocycles. The summed E-state index contributed by atoms with van der Waals surface area (Å²) in [7, 11) is 3.83. The SMILES string of the molecule is CC(c1cc(N=[N+]=[N-])ccc1/C=C/C(=O)[O-])N(C)C. The van der Waals surface area contributed by atoms with Crippen LogP contribution in [-0.4, -0.2) is 25.0 Å². The maximum atomic E-state index is 10.5. The lowest BCUT2D eigenvalue weighted by atomic mass is 9.99. The van der Waals surface area contributed by atoms with E-state index in [1.807, 2.05) is 25.9 Å². The number of hydrogen-bond acceptors (Lipinski definition) is 4. The maximum absolute atomic E-state index is 10.5. The van der Waals surface area contributed by atoms with Gasteiger partial charge < -0.3 is 14.8 Å². The van der Waals surface area contributed by atoms with Crippen LogP contribution in [0.4, 0.5) is 5.69 Å². The zero-order chi connectivity index (χ0) is 14.4. The van der Waals surface area contributed by atoms with Gasteiger partial charge in [0, 0.05) is 16.6 Å². The lowest BCUT2D eigenvalue weighted by molar-refractivity contribution is -0.297. The van der Waals surface area contributed by atoms with Crippen LogP contribution in [0.1, 0.15) is 24.1 Å². The van der Waals surface area contributed by atoms with Gasteiger partial charge in [0.1, 0.15) is 0 Å². The largest absolute Gasteiger partial charge is 0.545 e. The first-order valence-corrected chi connectivity index (χ1v) is 5.70. The minimum atomic E-state index is -1.25. The summed E-state index contributed by atoms with van der Waals surface area (Å²) in [5, 5.41) is 14.0. The zero-order valence-electron chi connectivity index (χ0n) is 11.1. The molecular formula is C13H15N4O2-. The fourth-order valence-electron chi connectivity index (χ4n) is 1.63. The number of aliphatic carboxylic acids is 1. The third-order valence-corrected chi connectivity index (χ3v) is 2.85. The number of carboxylic acid groups (broad SMARTS) is 1. The molecule has 1 rings (SSSR count). The van der Waals surface area contributed by atoms with Gasteiger partial charge in [-0.25, -0.2) is 0 Å². The van der Waals surface area contributed by atoms with Crippen LogP contribution in [0.2, 0.25) is 0 Å². The molecule has 0 saturated carbocycles. The molecule has 0 amide bonds. The molecule has 0 saturated heterocycles. The summed E-state index contributed by atoms with van der Waals surface area (Å²) in [6, 6.07) is 5.16. The lowest BCUT2D eigenvalue weighted by Gasteiger charge is -2.22. The van der Waals surface area contributed by atoms with Gasteiger partial charge in [0.25, 0.3) is 0 Å². The van der Waals surface area contributed by atoms with E-state index in [2.05, 4.69) is 10.0 Å². The Morgan fingerprint density at radius 2 is 2.21 bits per heavy atom.